The summed E-state index contributed by atoms with van der Waals surface area (Å²) >= 11 is 0. The first-order valence-electron chi connectivity index (χ1n) is 5.37. The molecule has 0 radical (unpaired) electrons. The summed E-state index contributed by atoms with van der Waals surface area (Å²) in [5.41, 5.74) is -2.42. The van der Waals surface area contributed by atoms with Crippen molar-refractivity contribution >= 4 is 18.2 Å². The molecule has 2 rings (SSSR count). The topological polar surface area (TPSA) is 0 Å². The van der Waals surface area contributed by atoms with E-state index in [1.807, 2.05) is 0 Å². The second-order valence-corrected chi connectivity index (χ2v) is 4.07. The quantitative estimate of drug-likeness (QED) is 0.345. The highest BCUT2D eigenvalue weighted by Crippen LogP contribution is 2.13. The Labute approximate surface area is 113 Å². The van der Waals surface area contributed by atoms with Gasteiger partial charge in [-0.3, -0.25) is 0 Å². The van der Waals surface area contributed by atoms with Crippen molar-refractivity contribution in [2.45, 2.75) is 0 Å². The lowest BCUT2D eigenvalue weighted by molar-refractivity contribution is 0.438. The Morgan fingerprint density at radius 2 is 0.810 bits per heavy atom. The minimum absolute atomic E-state index is 0.0244. The molecular weight excluding hydrogens is 307 g/mol. The minimum Gasteiger partial charge on any atom is -0.207 e. The third-order valence-corrected chi connectivity index (χ3v) is 2.77. The molecule has 0 aliphatic rings. The molecular formula is C12H3BF8. The summed E-state index contributed by atoms with van der Waals surface area (Å²) in [5.74, 6) is -15.0. The Bertz CT molecular complexity index is 667. The summed E-state index contributed by atoms with van der Waals surface area (Å²) in [6, 6.07) is -0.0487. The second-order valence-electron chi connectivity index (χ2n) is 4.07. The molecule has 9 heteroatoms. The van der Waals surface area contributed by atoms with Gasteiger partial charge < -0.3 is 0 Å². The van der Waals surface area contributed by atoms with Gasteiger partial charge in [-0.25, -0.2) is 35.1 Å². The van der Waals surface area contributed by atoms with E-state index in [1.54, 1.807) is 0 Å². The maximum Gasteiger partial charge on any atom is 0.208 e. The molecule has 0 fully saturated rings. The number of hydrogen-bond acceptors (Lipinski definition) is 0. The van der Waals surface area contributed by atoms with Gasteiger partial charge in [0, 0.05) is 12.1 Å². The van der Waals surface area contributed by atoms with Crippen LogP contribution < -0.4 is 10.9 Å². The molecule has 0 saturated heterocycles. The van der Waals surface area contributed by atoms with Gasteiger partial charge in [-0.05, 0) is 10.9 Å². The molecule has 2 aromatic rings. The van der Waals surface area contributed by atoms with Crippen LogP contribution in [0, 0.1) is 46.5 Å². The zero-order chi connectivity index (χ0) is 15.9. The van der Waals surface area contributed by atoms with Crippen LogP contribution in [0.25, 0.3) is 0 Å². The average molecular weight is 310 g/mol. The van der Waals surface area contributed by atoms with Crippen LogP contribution >= 0.6 is 0 Å². The van der Waals surface area contributed by atoms with Gasteiger partial charge in [0.15, 0.2) is 34.9 Å². The van der Waals surface area contributed by atoms with E-state index >= 15 is 0 Å². The van der Waals surface area contributed by atoms with Gasteiger partial charge in [-0.2, -0.15) is 0 Å². The van der Waals surface area contributed by atoms with Crippen LogP contribution in [0.15, 0.2) is 12.1 Å². The Kier molecular flexibility index (Phi) is 3.93. The average Bonchev–Trinajstić information content (AvgIpc) is 2.42. The molecule has 110 valence electrons. The van der Waals surface area contributed by atoms with E-state index < -0.39 is 64.7 Å². The fraction of sp³-hybridized carbons (Fsp3) is 0. The molecule has 0 N–H and O–H groups in total. The fourth-order valence-corrected chi connectivity index (χ4v) is 1.71. The molecule has 0 aliphatic carbocycles. The predicted octanol–water partition coefficient (Wildman–Crippen LogP) is 2.19. The normalized spacial score (nSPS) is 10.9. The van der Waals surface area contributed by atoms with Crippen LogP contribution in [0.3, 0.4) is 0 Å². The molecule has 0 nitrogen and oxygen atoms in total. The molecule has 0 atom stereocenters. The highest BCUT2D eigenvalue weighted by Gasteiger charge is 2.25. The SMILES string of the molecule is Fc1cc(F)c(Bc2c(F)cc(F)c(F)c2F)c(F)c1F. The maximum absolute atomic E-state index is 13.4. The van der Waals surface area contributed by atoms with Crippen LogP contribution in [0.4, 0.5) is 35.1 Å². The second kappa shape index (κ2) is 5.38. The third kappa shape index (κ3) is 2.59. The molecule has 0 amide bonds. The van der Waals surface area contributed by atoms with E-state index in [0.717, 1.165) is 0 Å². The summed E-state index contributed by atoms with van der Waals surface area (Å²) in [6.45, 7) is 0. The highest BCUT2D eigenvalue weighted by atomic mass is 19.2. The molecule has 0 aromatic heterocycles. The van der Waals surface area contributed by atoms with Gasteiger partial charge in [0.2, 0.25) is 7.28 Å². The molecule has 0 saturated carbocycles. The maximum atomic E-state index is 13.4. The Hall–Kier alpha value is -2.06. The van der Waals surface area contributed by atoms with Gasteiger partial charge in [-0.15, -0.1) is 0 Å². The Balaban J connectivity index is 2.59. The van der Waals surface area contributed by atoms with E-state index in [-0.39, 0.29) is 12.1 Å². The van der Waals surface area contributed by atoms with E-state index in [4.69, 9.17) is 0 Å². The van der Waals surface area contributed by atoms with Gasteiger partial charge in [0.05, 0.1) is 0 Å². The van der Waals surface area contributed by atoms with Crippen molar-refractivity contribution in [3.63, 3.8) is 0 Å². The Morgan fingerprint density at radius 1 is 0.476 bits per heavy atom. The number of halogens is 8. The molecule has 2 aromatic carbocycles. The lowest BCUT2D eigenvalue weighted by atomic mass is 9.63. The fourth-order valence-electron chi connectivity index (χ4n) is 1.71. The van der Waals surface area contributed by atoms with E-state index in [9.17, 15) is 35.1 Å². The van der Waals surface area contributed by atoms with Crippen LogP contribution in [0.2, 0.25) is 0 Å². The predicted molar refractivity (Wildman–Crippen MR) is 59.0 cm³/mol. The lowest BCUT2D eigenvalue weighted by Gasteiger charge is -2.08. The van der Waals surface area contributed by atoms with Gasteiger partial charge in [-0.1, -0.05) is 0 Å². The van der Waals surface area contributed by atoms with Crippen molar-refractivity contribution in [1.82, 2.24) is 0 Å². The first-order valence-corrected chi connectivity index (χ1v) is 5.37. The van der Waals surface area contributed by atoms with Gasteiger partial charge >= 0.3 is 0 Å². The first kappa shape index (κ1) is 15.3. The van der Waals surface area contributed by atoms with Crippen LogP contribution in [-0.2, 0) is 0 Å². The van der Waals surface area contributed by atoms with E-state index in [0.29, 0.717) is 0 Å². The van der Waals surface area contributed by atoms with Gasteiger partial charge in [0.25, 0.3) is 0 Å². The first-order chi connectivity index (χ1) is 9.73. The van der Waals surface area contributed by atoms with Crippen molar-refractivity contribution < 1.29 is 35.1 Å². The summed E-state index contributed by atoms with van der Waals surface area (Å²) in [5, 5.41) is 0. The van der Waals surface area contributed by atoms with Crippen molar-refractivity contribution in [2.75, 3.05) is 0 Å². The number of hydrogen-bond donors (Lipinski definition) is 0. The molecule has 0 bridgehead atoms. The van der Waals surface area contributed by atoms with Crippen molar-refractivity contribution in [3.05, 3.63) is 58.7 Å². The smallest absolute Gasteiger partial charge is 0.207 e. The summed E-state index contributed by atoms with van der Waals surface area (Å²) in [6.07, 6.45) is 0. The largest absolute Gasteiger partial charge is 0.208 e. The zero-order valence-electron chi connectivity index (χ0n) is 9.89. The van der Waals surface area contributed by atoms with Crippen molar-refractivity contribution in [2.24, 2.45) is 0 Å². The summed E-state index contributed by atoms with van der Waals surface area (Å²) in [4.78, 5) is 0. The highest BCUT2D eigenvalue weighted by molar-refractivity contribution is 6.67. The number of benzene rings is 2. The number of rotatable bonds is 2. The molecule has 21 heavy (non-hydrogen) atoms. The van der Waals surface area contributed by atoms with Crippen molar-refractivity contribution in [1.29, 1.82) is 0 Å². The van der Waals surface area contributed by atoms with E-state index in [2.05, 4.69) is 0 Å². The van der Waals surface area contributed by atoms with Crippen molar-refractivity contribution in [3.8, 4) is 0 Å². The summed E-state index contributed by atoms with van der Waals surface area (Å²) < 4.78 is 105. The third-order valence-electron chi connectivity index (χ3n) is 2.77. The zero-order valence-corrected chi connectivity index (χ0v) is 9.89. The standard InChI is InChI=1S/C12H3BF8/c14-3-1-5(16)9(18)11(20)7(3)13-8-4(15)2-6(17)10(19)12(8)21/h1-2,13H. The minimum atomic E-state index is -2.05. The van der Waals surface area contributed by atoms with Crippen LogP contribution in [0.1, 0.15) is 0 Å². The van der Waals surface area contributed by atoms with Gasteiger partial charge in [0.1, 0.15) is 11.6 Å². The Morgan fingerprint density at radius 3 is 1.14 bits per heavy atom. The summed E-state index contributed by atoms with van der Waals surface area (Å²) in [7, 11) is -1.26. The molecule has 0 aliphatic heterocycles. The molecule has 0 heterocycles. The molecule has 0 spiro atoms. The lowest BCUT2D eigenvalue weighted by Crippen LogP contribution is -2.38. The van der Waals surface area contributed by atoms with Crippen LogP contribution in [-0.4, -0.2) is 7.28 Å². The van der Waals surface area contributed by atoms with E-state index in [1.165, 1.54) is 0 Å². The molecule has 0 unspecified atom stereocenters. The monoisotopic (exact) mass is 310 g/mol. The van der Waals surface area contributed by atoms with Crippen LogP contribution in [0.5, 0.6) is 0 Å².